The highest BCUT2D eigenvalue weighted by Crippen LogP contribution is 2.22. The van der Waals surface area contributed by atoms with E-state index in [1.807, 2.05) is 13.8 Å². The number of rotatable bonds is 12. The molecular weight excluding hydrogens is 490 g/mol. The third-order valence-electron chi connectivity index (χ3n) is 6.53. The maximum absolute atomic E-state index is 13.3. The lowest BCUT2D eigenvalue weighted by molar-refractivity contribution is -0.144. The van der Waals surface area contributed by atoms with Crippen LogP contribution in [0.5, 0.6) is 0 Å². The topological polar surface area (TPSA) is 170 Å². The van der Waals surface area contributed by atoms with Gasteiger partial charge in [-0.2, -0.15) is 4.72 Å². The van der Waals surface area contributed by atoms with Gasteiger partial charge in [0.15, 0.2) is 0 Å². The van der Waals surface area contributed by atoms with Crippen LogP contribution in [0.2, 0.25) is 0 Å². The van der Waals surface area contributed by atoms with Crippen molar-refractivity contribution in [2.75, 3.05) is 13.1 Å². The van der Waals surface area contributed by atoms with Gasteiger partial charge in [0.1, 0.15) is 12.1 Å². The first-order valence-corrected chi connectivity index (χ1v) is 13.5. The summed E-state index contributed by atoms with van der Waals surface area (Å²) in [4.78, 5) is 49.6. The predicted molar refractivity (Wildman–Crippen MR) is 130 cm³/mol. The first-order chi connectivity index (χ1) is 16.9. The Bertz CT molecular complexity index is 1050. The highest BCUT2D eigenvalue weighted by atomic mass is 32.2. The van der Waals surface area contributed by atoms with Gasteiger partial charge in [0.05, 0.1) is 4.90 Å². The van der Waals surface area contributed by atoms with Crippen LogP contribution in [0.3, 0.4) is 0 Å². The number of benzene rings is 1. The summed E-state index contributed by atoms with van der Waals surface area (Å²) in [6, 6.07) is 4.06. The Morgan fingerprint density at radius 2 is 1.67 bits per heavy atom. The number of aliphatic carboxylic acids is 2. The number of carboxylic acid groups (broad SMARTS) is 2. The van der Waals surface area contributed by atoms with Crippen LogP contribution in [0.1, 0.15) is 51.5 Å². The normalized spacial score (nSPS) is 17.1. The van der Waals surface area contributed by atoms with E-state index >= 15 is 0 Å². The van der Waals surface area contributed by atoms with Crippen LogP contribution >= 0.6 is 0 Å². The number of carboxylic acids is 2. The molecule has 200 valence electrons. The maximum atomic E-state index is 13.3. The second-order valence-corrected chi connectivity index (χ2v) is 10.9. The number of carbonyl (C=O) groups is 4. The lowest BCUT2D eigenvalue weighted by atomic mass is 9.93. The van der Waals surface area contributed by atoms with Gasteiger partial charge in [-0.05, 0) is 44.2 Å². The number of sulfonamides is 1. The number of amides is 2. The molecule has 36 heavy (non-hydrogen) atoms. The molecule has 4 N–H and O–H groups in total. The van der Waals surface area contributed by atoms with Crippen LogP contribution in [-0.2, 0) is 29.2 Å². The number of hydrogen-bond acceptors (Lipinski definition) is 6. The molecule has 2 rings (SSSR count). The Labute approximate surface area is 211 Å². The molecular formula is C24H35N3O8S. The van der Waals surface area contributed by atoms with E-state index < -0.39 is 45.9 Å². The molecule has 0 spiro atoms. The van der Waals surface area contributed by atoms with E-state index in [0.29, 0.717) is 6.42 Å². The minimum Gasteiger partial charge on any atom is -0.481 e. The summed E-state index contributed by atoms with van der Waals surface area (Å²) < 4.78 is 28.4. The van der Waals surface area contributed by atoms with Gasteiger partial charge in [0.2, 0.25) is 21.8 Å². The van der Waals surface area contributed by atoms with Crippen LogP contribution in [0.4, 0.5) is 0 Å². The fourth-order valence-electron chi connectivity index (χ4n) is 3.97. The van der Waals surface area contributed by atoms with E-state index in [1.165, 1.54) is 17.0 Å². The number of nitrogens with zero attached hydrogens (tertiary/aromatic N) is 1. The second kappa shape index (κ2) is 12.8. The molecule has 2 amide bonds. The summed E-state index contributed by atoms with van der Waals surface area (Å²) >= 11 is 0. The van der Waals surface area contributed by atoms with Gasteiger partial charge in [-0.3, -0.25) is 14.4 Å². The number of carbonyl (C=O) groups excluding carboxylic acids is 2. The van der Waals surface area contributed by atoms with E-state index in [1.54, 1.807) is 19.1 Å². The quantitative estimate of drug-likeness (QED) is 0.317. The summed E-state index contributed by atoms with van der Waals surface area (Å²) in [5.41, 5.74) is 0.909. The van der Waals surface area contributed by atoms with Crippen molar-refractivity contribution in [2.45, 2.75) is 69.9 Å². The number of nitrogens with one attached hydrogen (secondary N) is 2. The predicted octanol–water partition coefficient (Wildman–Crippen LogP) is 1.36. The minimum absolute atomic E-state index is 0.0699. The van der Waals surface area contributed by atoms with Crippen molar-refractivity contribution in [3.63, 3.8) is 0 Å². The molecule has 1 fully saturated rings. The Morgan fingerprint density at radius 3 is 2.17 bits per heavy atom. The van der Waals surface area contributed by atoms with Crippen LogP contribution < -0.4 is 10.0 Å². The molecule has 1 unspecified atom stereocenters. The third kappa shape index (κ3) is 8.02. The van der Waals surface area contributed by atoms with Gasteiger partial charge in [-0.25, -0.2) is 13.2 Å². The van der Waals surface area contributed by atoms with E-state index in [0.717, 1.165) is 5.56 Å². The second-order valence-electron chi connectivity index (χ2n) is 9.23. The first kappa shape index (κ1) is 29.2. The summed E-state index contributed by atoms with van der Waals surface area (Å²) in [5, 5.41) is 20.4. The Kier molecular flexibility index (Phi) is 10.4. The Morgan fingerprint density at radius 1 is 1.08 bits per heavy atom. The zero-order chi connectivity index (χ0) is 27.0. The largest absolute Gasteiger partial charge is 0.481 e. The van der Waals surface area contributed by atoms with Gasteiger partial charge >= 0.3 is 11.9 Å². The van der Waals surface area contributed by atoms with E-state index in [-0.39, 0.29) is 55.5 Å². The number of aryl methyl sites for hydroxylation is 1. The van der Waals surface area contributed by atoms with Gasteiger partial charge < -0.3 is 20.4 Å². The average molecular weight is 526 g/mol. The molecule has 1 aliphatic heterocycles. The lowest BCUT2D eigenvalue weighted by Crippen LogP contribution is -2.54. The molecule has 0 saturated carbocycles. The molecule has 1 saturated heterocycles. The van der Waals surface area contributed by atoms with Crippen molar-refractivity contribution in [3.8, 4) is 0 Å². The lowest BCUT2D eigenvalue weighted by Gasteiger charge is -2.35. The van der Waals surface area contributed by atoms with E-state index in [2.05, 4.69) is 10.0 Å². The average Bonchev–Trinajstić information content (AvgIpc) is 2.84. The van der Waals surface area contributed by atoms with Crippen molar-refractivity contribution >= 4 is 33.8 Å². The first-order valence-electron chi connectivity index (χ1n) is 12.0. The molecule has 0 radical (unpaired) electrons. The molecule has 0 bridgehead atoms. The molecule has 12 heteroatoms. The molecule has 1 aliphatic rings. The fourth-order valence-corrected chi connectivity index (χ4v) is 5.27. The summed E-state index contributed by atoms with van der Waals surface area (Å²) in [7, 11) is -3.93. The van der Waals surface area contributed by atoms with E-state index in [4.69, 9.17) is 5.11 Å². The van der Waals surface area contributed by atoms with Crippen LogP contribution in [0.25, 0.3) is 0 Å². The van der Waals surface area contributed by atoms with Crippen molar-refractivity contribution in [1.29, 1.82) is 0 Å². The van der Waals surface area contributed by atoms with Crippen molar-refractivity contribution < 1.29 is 37.8 Å². The SMILES string of the molecule is CCC(C)[C@H](NS(=O)(=O)c1ccc(C)cc1)C(=O)N1CCC(C(=O)N[C@@H](CCC(=O)O)C(=O)O)CC1. The molecule has 3 atom stereocenters. The third-order valence-corrected chi connectivity index (χ3v) is 7.99. The minimum atomic E-state index is -3.93. The van der Waals surface area contributed by atoms with Gasteiger partial charge in [0, 0.05) is 25.4 Å². The van der Waals surface area contributed by atoms with Crippen LogP contribution in [0.15, 0.2) is 29.2 Å². The molecule has 1 heterocycles. The van der Waals surface area contributed by atoms with Gasteiger partial charge in [-0.15, -0.1) is 0 Å². The summed E-state index contributed by atoms with van der Waals surface area (Å²) in [6.07, 6.45) is 0.505. The smallest absolute Gasteiger partial charge is 0.326 e. The Balaban J connectivity index is 2.03. The number of hydrogen-bond donors (Lipinski definition) is 4. The molecule has 0 aliphatic carbocycles. The number of piperidine rings is 1. The van der Waals surface area contributed by atoms with Crippen LogP contribution in [-0.4, -0.2) is 72.5 Å². The fraction of sp³-hybridized carbons (Fsp3) is 0.583. The zero-order valence-corrected chi connectivity index (χ0v) is 21.6. The summed E-state index contributed by atoms with van der Waals surface area (Å²) in [6.45, 7) is 5.93. The van der Waals surface area contributed by atoms with E-state index in [9.17, 15) is 32.7 Å². The highest BCUT2D eigenvalue weighted by molar-refractivity contribution is 7.89. The number of likely N-dealkylation sites (tertiary alicyclic amines) is 1. The van der Waals surface area contributed by atoms with Crippen molar-refractivity contribution in [3.05, 3.63) is 29.8 Å². The highest BCUT2D eigenvalue weighted by Gasteiger charge is 2.36. The van der Waals surface area contributed by atoms with Gasteiger partial charge in [-0.1, -0.05) is 38.0 Å². The molecule has 0 aromatic heterocycles. The monoisotopic (exact) mass is 525 g/mol. The van der Waals surface area contributed by atoms with Crippen molar-refractivity contribution in [2.24, 2.45) is 11.8 Å². The molecule has 1 aromatic carbocycles. The summed E-state index contributed by atoms with van der Waals surface area (Å²) in [5.74, 6) is -4.15. The maximum Gasteiger partial charge on any atom is 0.326 e. The van der Waals surface area contributed by atoms with Gasteiger partial charge in [0.25, 0.3) is 0 Å². The van der Waals surface area contributed by atoms with Crippen LogP contribution in [0, 0.1) is 18.8 Å². The Hall–Kier alpha value is -2.99. The zero-order valence-electron chi connectivity index (χ0n) is 20.8. The van der Waals surface area contributed by atoms with Crippen molar-refractivity contribution in [1.82, 2.24) is 14.9 Å². The molecule has 1 aromatic rings. The standard InChI is InChI=1S/C24H35N3O8S/c1-4-16(3)21(26-36(34,35)18-7-5-15(2)6-8-18)23(31)27-13-11-17(12-14-27)22(30)25-19(24(32)33)9-10-20(28)29/h5-8,16-17,19,21,26H,4,9-14H2,1-3H3,(H,25,30)(H,28,29)(H,32,33)/t16?,19-,21-/m0/s1. The molecule has 11 nitrogen and oxygen atoms in total.